The zero-order valence-corrected chi connectivity index (χ0v) is 17.6. The van der Waals surface area contributed by atoms with Gasteiger partial charge in [0.1, 0.15) is 12.3 Å². The molecule has 30 heavy (non-hydrogen) atoms. The molecule has 0 aliphatic heterocycles. The van der Waals surface area contributed by atoms with Gasteiger partial charge in [-0.2, -0.15) is 10.4 Å². The SMILES string of the molecule is Cc1ccc(S(=O)(=O)n2c(-c3cnn(C(C)O)c3)cc3c(Cl)c(C#N)cnc32)cc1. The van der Waals surface area contributed by atoms with Gasteiger partial charge in [-0.05, 0) is 32.0 Å². The molecule has 0 bridgehead atoms. The second kappa shape index (κ2) is 7.25. The van der Waals surface area contributed by atoms with E-state index >= 15 is 0 Å². The van der Waals surface area contributed by atoms with Crippen LogP contribution in [0.2, 0.25) is 5.02 Å². The maximum Gasteiger partial charge on any atom is 0.269 e. The zero-order chi connectivity index (χ0) is 21.6. The van der Waals surface area contributed by atoms with E-state index in [-0.39, 0.29) is 26.8 Å². The van der Waals surface area contributed by atoms with E-state index in [4.69, 9.17) is 11.6 Å². The lowest BCUT2D eigenvalue weighted by Crippen LogP contribution is -2.14. The van der Waals surface area contributed by atoms with Crippen LogP contribution in [0.5, 0.6) is 0 Å². The lowest BCUT2D eigenvalue weighted by Gasteiger charge is -2.11. The molecular weight excluding hydrogens is 426 g/mol. The minimum atomic E-state index is -4.05. The smallest absolute Gasteiger partial charge is 0.269 e. The summed E-state index contributed by atoms with van der Waals surface area (Å²) in [5, 5.41) is 23.6. The standard InChI is InChI=1S/C20H16ClN5O3S/c1-12-3-5-16(6-4-12)30(28,29)26-18(15-10-24-25(11-15)13(2)27)7-17-19(21)14(8-22)9-23-20(17)26/h3-7,9-11,13,27H,1-2H3. The van der Waals surface area contributed by atoms with Gasteiger partial charge >= 0.3 is 0 Å². The van der Waals surface area contributed by atoms with E-state index in [1.165, 1.54) is 42.3 Å². The quantitative estimate of drug-likeness (QED) is 0.518. The first kappa shape index (κ1) is 20.1. The van der Waals surface area contributed by atoms with Crippen molar-refractivity contribution in [3.63, 3.8) is 0 Å². The second-order valence-corrected chi connectivity index (χ2v) is 8.95. The van der Waals surface area contributed by atoms with E-state index in [1.54, 1.807) is 18.2 Å². The van der Waals surface area contributed by atoms with E-state index in [0.717, 1.165) is 9.54 Å². The number of hydrogen-bond donors (Lipinski definition) is 1. The highest BCUT2D eigenvalue weighted by Gasteiger charge is 2.27. The van der Waals surface area contributed by atoms with Crippen molar-refractivity contribution >= 4 is 32.7 Å². The molecule has 10 heteroatoms. The third-order valence-electron chi connectivity index (χ3n) is 4.68. The summed E-state index contributed by atoms with van der Waals surface area (Å²) < 4.78 is 29.5. The van der Waals surface area contributed by atoms with Crippen molar-refractivity contribution < 1.29 is 13.5 Å². The predicted molar refractivity (Wildman–Crippen MR) is 111 cm³/mol. The number of rotatable bonds is 4. The lowest BCUT2D eigenvalue weighted by molar-refractivity contribution is 0.111. The van der Waals surface area contributed by atoms with E-state index in [2.05, 4.69) is 10.1 Å². The van der Waals surface area contributed by atoms with Crippen molar-refractivity contribution in [2.24, 2.45) is 0 Å². The fraction of sp³-hybridized carbons (Fsp3) is 0.150. The number of benzene rings is 1. The predicted octanol–water partition coefficient (Wildman–Crippen LogP) is 3.48. The largest absolute Gasteiger partial charge is 0.372 e. The van der Waals surface area contributed by atoms with Gasteiger partial charge in [0, 0.05) is 23.3 Å². The summed E-state index contributed by atoms with van der Waals surface area (Å²) in [6.07, 6.45) is 3.33. The van der Waals surface area contributed by atoms with Gasteiger partial charge in [0.05, 0.1) is 27.4 Å². The molecule has 1 N–H and O–H groups in total. The molecule has 0 spiro atoms. The monoisotopic (exact) mass is 441 g/mol. The van der Waals surface area contributed by atoms with Crippen molar-refractivity contribution in [3.05, 3.63) is 65.1 Å². The van der Waals surface area contributed by atoms with Gasteiger partial charge in [0.2, 0.25) is 0 Å². The molecule has 3 heterocycles. The molecule has 1 aromatic carbocycles. The molecule has 3 aromatic heterocycles. The summed E-state index contributed by atoms with van der Waals surface area (Å²) >= 11 is 6.36. The van der Waals surface area contributed by atoms with Crippen LogP contribution in [0.15, 0.2) is 53.8 Å². The molecule has 0 radical (unpaired) electrons. The van der Waals surface area contributed by atoms with Gasteiger partial charge in [-0.1, -0.05) is 29.3 Å². The zero-order valence-electron chi connectivity index (χ0n) is 16.0. The molecule has 1 atom stereocenters. The maximum atomic E-state index is 13.6. The van der Waals surface area contributed by atoms with Crippen molar-refractivity contribution in [2.45, 2.75) is 25.0 Å². The highest BCUT2D eigenvalue weighted by atomic mass is 35.5. The fourth-order valence-electron chi connectivity index (χ4n) is 3.11. The van der Waals surface area contributed by atoms with Crippen molar-refractivity contribution in [1.82, 2.24) is 18.7 Å². The average molecular weight is 442 g/mol. The number of halogens is 1. The summed E-state index contributed by atoms with van der Waals surface area (Å²) in [5.41, 5.74) is 1.87. The molecule has 4 rings (SSSR count). The van der Waals surface area contributed by atoms with Crippen LogP contribution in [0.4, 0.5) is 0 Å². The molecular formula is C20H16ClN5O3S. The van der Waals surface area contributed by atoms with Gasteiger partial charge in [-0.15, -0.1) is 0 Å². The van der Waals surface area contributed by atoms with E-state index in [0.29, 0.717) is 10.9 Å². The van der Waals surface area contributed by atoms with Crippen LogP contribution >= 0.6 is 11.6 Å². The van der Waals surface area contributed by atoms with Crippen LogP contribution in [0.25, 0.3) is 22.3 Å². The molecule has 0 saturated carbocycles. The van der Waals surface area contributed by atoms with Gasteiger partial charge in [0.25, 0.3) is 10.0 Å². The van der Waals surface area contributed by atoms with Crippen LogP contribution in [0.1, 0.15) is 24.3 Å². The molecule has 0 aliphatic carbocycles. The summed E-state index contributed by atoms with van der Waals surface area (Å²) in [4.78, 5) is 4.29. The van der Waals surface area contributed by atoms with E-state index in [1.807, 2.05) is 13.0 Å². The van der Waals surface area contributed by atoms with Gasteiger partial charge in [0.15, 0.2) is 5.65 Å². The highest BCUT2D eigenvalue weighted by Crippen LogP contribution is 2.35. The van der Waals surface area contributed by atoms with Crippen LogP contribution in [0, 0.1) is 18.3 Å². The van der Waals surface area contributed by atoms with Crippen molar-refractivity contribution in [1.29, 1.82) is 5.26 Å². The fourth-order valence-corrected chi connectivity index (χ4v) is 4.82. The third-order valence-corrected chi connectivity index (χ3v) is 6.81. The van der Waals surface area contributed by atoms with Crippen molar-refractivity contribution in [3.8, 4) is 17.3 Å². The number of aliphatic hydroxyl groups is 1. The molecule has 152 valence electrons. The first-order valence-corrected chi connectivity index (χ1v) is 10.7. The van der Waals surface area contributed by atoms with Crippen molar-refractivity contribution in [2.75, 3.05) is 0 Å². The second-order valence-electron chi connectivity index (χ2n) is 6.79. The molecule has 8 nitrogen and oxygen atoms in total. The number of fused-ring (bicyclic) bond motifs is 1. The van der Waals surface area contributed by atoms with Crippen LogP contribution in [0.3, 0.4) is 0 Å². The molecule has 0 amide bonds. The summed E-state index contributed by atoms with van der Waals surface area (Å²) in [7, 11) is -4.05. The van der Waals surface area contributed by atoms with Crippen LogP contribution in [-0.2, 0) is 10.0 Å². The number of aromatic nitrogens is 4. The minimum absolute atomic E-state index is 0.0806. The summed E-state index contributed by atoms with van der Waals surface area (Å²) in [6.45, 7) is 3.40. The Morgan fingerprint density at radius 1 is 1.23 bits per heavy atom. The Morgan fingerprint density at radius 2 is 1.93 bits per heavy atom. The maximum absolute atomic E-state index is 13.6. The summed E-state index contributed by atoms with van der Waals surface area (Å²) in [6, 6.07) is 9.95. The average Bonchev–Trinajstić information content (AvgIpc) is 3.34. The Labute approximate surface area is 177 Å². The number of nitrogens with zero attached hydrogens (tertiary/aromatic N) is 5. The molecule has 0 aliphatic rings. The minimum Gasteiger partial charge on any atom is -0.372 e. The number of nitriles is 1. The molecule has 0 fully saturated rings. The first-order valence-electron chi connectivity index (χ1n) is 8.89. The number of aryl methyl sites for hydroxylation is 1. The normalized spacial score (nSPS) is 12.8. The Balaban J connectivity index is 2.06. The first-order chi connectivity index (χ1) is 14.2. The number of hydrogen-bond acceptors (Lipinski definition) is 6. The van der Waals surface area contributed by atoms with E-state index < -0.39 is 16.3 Å². The third kappa shape index (κ3) is 3.15. The highest BCUT2D eigenvalue weighted by molar-refractivity contribution is 7.90. The Morgan fingerprint density at radius 3 is 2.53 bits per heavy atom. The van der Waals surface area contributed by atoms with Gasteiger partial charge in [-0.25, -0.2) is 22.1 Å². The molecule has 4 aromatic rings. The Kier molecular flexibility index (Phi) is 4.86. The summed E-state index contributed by atoms with van der Waals surface area (Å²) in [5.74, 6) is 0. The molecule has 0 saturated heterocycles. The van der Waals surface area contributed by atoms with Crippen LogP contribution < -0.4 is 0 Å². The van der Waals surface area contributed by atoms with Gasteiger partial charge in [-0.3, -0.25) is 0 Å². The Hall–Kier alpha value is -3.19. The van der Waals surface area contributed by atoms with E-state index in [9.17, 15) is 18.8 Å². The van der Waals surface area contributed by atoms with Crippen LogP contribution in [-0.4, -0.2) is 32.3 Å². The number of pyridine rings is 1. The lowest BCUT2D eigenvalue weighted by atomic mass is 10.2. The Bertz CT molecular complexity index is 1410. The van der Waals surface area contributed by atoms with Gasteiger partial charge < -0.3 is 5.11 Å². The number of aliphatic hydroxyl groups excluding tert-OH is 1. The topological polar surface area (TPSA) is 114 Å². The molecule has 1 unspecified atom stereocenters.